The number of carbonyl (C=O) groups is 4. The molecule has 0 N–H and O–H groups in total. The van der Waals surface area contributed by atoms with Gasteiger partial charge in [0.1, 0.15) is 37.1 Å². The molecule has 10 nitrogen and oxygen atoms in total. The average molecular weight is 1180 g/mol. The molecule has 0 fully saturated rings. The van der Waals surface area contributed by atoms with E-state index in [0.29, 0.717) is 83.7 Å². The van der Waals surface area contributed by atoms with Crippen molar-refractivity contribution < 1.29 is 38.1 Å². The number of fused-ring (bicyclic) bond motifs is 7. The predicted molar refractivity (Wildman–Crippen MR) is 331 cm³/mol. The van der Waals surface area contributed by atoms with E-state index >= 15 is 19.2 Å². The maximum Gasteiger partial charge on any atom is 0.334 e. The molecule has 2 aliphatic rings. The molecule has 11 aromatic rings. The average Bonchev–Trinajstić information content (AvgIpc) is 1.80. The second-order valence-corrected chi connectivity index (χ2v) is 22.8. The number of nitrogens with zero attached hydrogens (tertiary/aromatic N) is 2. The van der Waals surface area contributed by atoms with Crippen molar-refractivity contribution in [2.24, 2.45) is 9.98 Å². The number of hydrogen-bond donors (Lipinski definition) is 0. The Morgan fingerprint density at radius 1 is 0.361 bits per heavy atom. The number of rotatable bonds is 14. The van der Waals surface area contributed by atoms with Crippen molar-refractivity contribution in [3.8, 4) is 0 Å². The van der Waals surface area contributed by atoms with E-state index in [1.165, 1.54) is 11.3 Å². The summed E-state index contributed by atoms with van der Waals surface area (Å²) in [5, 5.41) is 4.46. The van der Waals surface area contributed by atoms with Crippen LogP contribution in [-0.2, 0) is 75.4 Å². The summed E-state index contributed by atoms with van der Waals surface area (Å²) in [6.45, 7) is -0.744. The lowest BCUT2D eigenvalue weighted by Crippen LogP contribution is -2.46. The minimum absolute atomic E-state index is 0.00170. The molecule has 0 atom stereocenters. The molecule has 0 spiro atoms. The second-order valence-electron chi connectivity index (χ2n) is 20.1. The first-order valence-electron chi connectivity index (χ1n) is 26.3. The van der Waals surface area contributed by atoms with Gasteiger partial charge in [0.25, 0.3) is 0 Å². The Balaban J connectivity index is 1.04. The lowest BCUT2D eigenvalue weighted by Gasteiger charge is -2.28. The van der Waals surface area contributed by atoms with E-state index in [2.05, 4.69) is 0 Å². The maximum atomic E-state index is 15.6. The fourth-order valence-electron chi connectivity index (χ4n) is 11.1. The molecule has 2 aliphatic carbocycles. The van der Waals surface area contributed by atoms with Gasteiger partial charge in [0.15, 0.2) is 0 Å². The topological polar surface area (TPSA) is 130 Å². The first kappa shape index (κ1) is 53.4. The third kappa shape index (κ3) is 9.12. The molecule has 1 heterocycles. The lowest BCUT2D eigenvalue weighted by atomic mass is 9.78. The van der Waals surface area contributed by atoms with Crippen molar-refractivity contribution in [3.63, 3.8) is 0 Å². The molecule has 0 unspecified atom stereocenters. The first-order valence-corrected chi connectivity index (χ1v) is 28.8. The maximum absolute atomic E-state index is 15.6. The number of hydrogen-bond acceptors (Lipinski definition) is 15. The van der Waals surface area contributed by atoms with E-state index in [1.54, 1.807) is 24.3 Å². The van der Waals surface area contributed by atoms with Gasteiger partial charge in [0.2, 0.25) is 10.8 Å². The minimum Gasteiger partial charge on any atom is -0.459 e. The van der Waals surface area contributed by atoms with Crippen molar-refractivity contribution in [3.05, 3.63) is 279 Å². The molecule has 1 aromatic heterocycles. The Morgan fingerprint density at radius 2 is 0.627 bits per heavy atom. The summed E-state index contributed by atoms with van der Waals surface area (Å²) >= 11 is 25.5. The van der Waals surface area contributed by atoms with Crippen LogP contribution in [0.15, 0.2) is 216 Å². The van der Waals surface area contributed by atoms with E-state index < -0.39 is 34.7 Å². The van der Waals surface area contributed by atoms with Gasteiger partial charge in [-0.05, 0) is 80.9 Å². The van der Waals surface area contributed by atoms with Gasteiger partial charge in [-0.15, -0.1) is 11.3 Å². The molecule has 15 heteroatoms. The van der Waals surface area contributed by atoms with Gasteiger partial charge in [0, 0.05) is 41.7 Å². The standard InChI is InChI=1S/C68H42N2O8S5/c71-63(75-35-39-17-5-1-6-18-39)67(64(72)76-36-40-19-7-2-8-20-40)51-33-49-50-34-52-44(30-54(50)83-53(49)29-43(51)31-55(67)69-57-59(79)45-25-13-14-26-46(45)60(57)80)32-56(70-58-61(81)47-27-15-16-28-48(47)62(58)82)68(52,65(73)77-37-41-21-9-3-10-22-41)66(74)78-38-42-23-11-4-12-24-42/h1-34H,35-38H2. The highest BCUT2D eigenvalue weighted by Gasteiger charge is 2.60. The molecule has 0 saturated heterocycles. The van der Waals surface area contributed by atoms with Gasteiger partial charge < -0.3 is 18.9 Å². The van der Waals surface area contributed by atoms with E-state index in [0.717, 1.165) is 9.40 Å². The number of benzene rings is 8. The molecule has 0 radical (unpaired) electrons. The molecule has 0 saturated carbocycles. The predicted octanol–water partition coefficient (Wildman–Crippen LogP) is 14.4. The Bertz CT molecular complexity index is 4410. The quantitative estimate of drug-likeness (QED) is 0.0445. The van der Waals surface area contributed by atoms with Crippen molar-refractivity contribution in [1.82, 2.24) is 0 Å². The Hall–Kier alpha value is -8.96. The highest BCUT2D eigenvalue weighted by Crippen LogP contribution is 2.52. The molecule has 0 bridgehead atoms. The van der Waals surface area contributed by atoms with Crippen LogP contribution in [0.3, 0.4) is 0 Å². The smallest absolute Gasteiger partial charge is 0.334 e. The number of thiophene rings is 1. The molecular formula is C68H42N2O8S5. The van der Waals surface area contributed by atoms with Gasteiger partial charge in [-0.25, -0.2) is 9.98 Å². The van der Waals surface area contributed by atoms with Crippen molar-refractivity contribution in [1.29, 1.82) is 0 Å². The van der Waals surface area contributed by atoms with Crippen LogP contribution in [0, 0.1) is 18.0 Å². The van der Waals surface area contributed by atoms with Crippen molar-refractivity contribution in [2.45, 2.75) is 37.3 Å². The number of esters is 4. The fraction of sp³-hybridized carbons (Fsp3) is 0.0882. The summed E-state index contributed by atoms with van der Waals surface area (Å²) in [5.74, 6) is -3.78. The molecule has 0 aliphatic heterocycles. The Kier molecular flexibility index (Phi) is 14.0. The zero-order valence-electron chi connectivity index (χ0n) is 43.7. The number of ether oxygens (including phenoxy) is 4. The molecule has 0 amide bonds. The zero-order valence-corrected chi connectivity index (χ0v) is 47.7. The largest absolute Gasteiger partial charge is 0.459 e. The Morgan fingerprint density at radius 3 is 0.904 bits per heavy atom. The van der Waals surface area contributed by atoms with Crippen LogP contribution >= 0.6 is 60.2 Å². The third-order valence-corrected chi connectivity index (χ3v) is 18.0. The highest BCUT2D eigenvalue weighted by molar-refractivity contribution is 7.72. The second kappa shape index (κ2) is 21.7. The van der Waals surface area contributed by atoms with Crippen LogP contribution in [0.2, 0.25) is 0 Å². The van der Waals surface area contributed by atoms with Crippen molar-refractivity contribution in [2.75, 3.05) is 0 Å². The van der Waals surface area contributed by atoms with Crippen LogP contribution in [-0.4, -0.2) is 23.9 Å². The monoisotopic (exact) mass is 1170 g/mol. The normalized spacial score (nSPS) is 13.7. The summed E-state index contributed by atoms with van der Waals surface area (Å²) in [6.07, 6.45) is 3.38. The van der Waals surface area contributed by atoms with Gasteiger partial charge in [-0.2, -0.15) is 0 Å². The molecule has 13 rings (SSSR count). The van der Waals surface area contributed by atoms with Gasteiger partial charge in [-0.3, -0.25) is 19.2 Å². The zero-order chi connectivity index (χ0) is 57.0. The summed E-state index contributed by atoms with van der Waals surface area (Å²) in [6, 6.07) is 58.7. The van der Waals surface area contributed by atoms with E-state index in [9.17, 15) is 0 Å². The van der Waals surface area contributed by atoms with Gasteiger partial charge in [-0.1, -0.05) is 219 Å². The van der Waals surface area contributed by atoms with E-state index in [4.69, 9.17) is 77.8 Å². The Labute approximate surface area is 498 Å². The molecule has 402 valence electrons. The third-order valence-electron chi connectivity index (χ3n) is 15.2. The molecular weight excluding hydrogens is 1130 g/mol. The summed E-state index contributed by atoms with van der Waals surface area (Å²) in [5.41, 5.74) is -0.573. The lowest BCUT2D eigenvalue weighted by molar-refractivity contribution is -0.166. The van der Waals surface area contributed by atoms with Crippen molar-refractivity contribution >= 4 is 138 Å². The van der Waals surface area contributed by atoms with Crippen LogP contribution in [0.25, 0.3) is 53.9 Å². The van der Waals surface area contributed by atoms with Gasteiger partial charge in [0.05, 0.1) is 29.4 Å². The van der Waals surface area contributed by atoms with Crippen LogP contribution in [0.1, 0.15) is 44.5 Å². The van der Waals surface area contributed by atoms with Crippen LogP contribution < -0.4 is 10.7 Å². The fourth-order valence-corrected chi connectivity index (χ4v) is 13.7. The summed E-state index contributed by atoms with van der Waals surface area (Å²) in [4.78, 5) is 72.8. The SMILES string of the molecule is O=C(OCc1ccccc1)C1(C(=O)OCc2ccccc2)C(N=c2c(=S)c3ccccc3c2=S)=Cc2cc3sc4cc5c(cc4c3cc21)C(C(=O)OCc1ccccc1)(C(=O)OCc1ccccc1)C(N=c1c(=S)c2ccccc2c1=S)=C5. The van der Waals surface area contributed by atoms with E-state index in [1.807, 2.05) is 182 Å². The number of carbonyl (C=O) groups excluding carboxylic acids is 4. The first-order chi connectivity index (χ1) is 40.4. The van der Waals surface area contributed by atoms with E-state index in [-0.39, 0.29) is 59.7 Å². The summed E-state index contributed by atoms with van der Waals surface area (Å²) < 4.78 is 27.9. The molecule has 10 aromatic carbocycles. The molecule has 83 heavy (non-hydrogen) atoms. The van der Waals surface area contributed by atoms with Gasteiger partial charge >= 0.3 is 23.9 Å². The minimum atomic E-state index is -2.35. The highest BCUT2D eigenvalue weighted by atomic mass is 32.1. The summed E-state index contributed by atoms with van der Waals surface area (Å²) in [7, 11) is 0. The van der Waals surface area contributed by atoms with Crippen LogP contribution in [0.4, 0.5) is 0 Å². The van der Waals surface area contributed by atoms with Crippen LogP contribution in [0.5, 0.6) is 0 Å².